The smallest absolute Gasteiger partial charge is 0.262 e. The van der Waals surface area contributed by atoms with Crippen LogP contribution in [0.25, 0.3) is 0 Å². The molecule has 1 aromatic heterocycles. The zero-order valence-electron chi connectivity index (χ0n) is 11.9. The van der Waals surface area contributed by atoms with Crippen molar-refractivity contribution in [3.63, 3.8) is 0 Å². The topological polar surface area (TPSA) is 87.7 Å². The van der Waals surface area contributed by atoms with E-state index in [-0.39, 0.29) is 11.7 Å². The number of carbonyl (C=O) groups excluding carboxylic acids is 1. The minimum atomic E-state index is -0.699. The van der Waals surface area contributed by atoms with E-state index < -0.39 is 5.54 Å². The number of aryl methyl sites for hydroxylation is 2. The van der Waals surface area contributed by atoms with Gasteiger partial charge in [-0.05, 0) is 38.3 Å². The molecule has 110 valence electrons. The molecule has 0 radical (unpaired) electrons. The van der Waals surface area contributed by atoms with Gasteiger partial charge in [-0.15, -0.1) is 11.3 Å². The molecule has 5 nitrogen and oxygen atoms in total. The van der Waals surface area contributed by atoms with Gasteiger partial charge in [-0.2, -0.15) is 0 Å². The Morgan fingerprint density at radius 3 is 2.55 bits per heavy atom. The lowest BCUT2D eigenvalue weighted by molar-refractivity contribution is 0.0910. The Labute approximate surface area is 122 Å². The van der Waals surface area contributed by atoms with Crippen molar-refractivity contribution in [1.82, 2.24) is 5.32 Å². The third-order valence-electron chi connectivity index (χ3n) is 4.05. The maximum atomic E-state index is 12.4. The molecule has 2 rings (SSSR count). The van der Waals surface area contributed by atoms with Gasteiger partial charge < -0.3 is 16.3 Å². The maximum absolute atomic E-state index is 12.4. The van der Waals surface area contributed by atoms with E-state index in [0.717, 1.165) is 42.5 Å². The normalized spacial score (nSPS) is 18.8. The first kappa shape index (κ1) is 14.8. The molecular formula is C14H21N3O2S. The fourth-order valence-electron chi connectivity index (χ4n) is 2.66. The van der Waals surface area contributed by atoms with Gasteiger partial charge in [-0.3, -0.25) is 4.79 Å². The number of amides is 1. The van der Waals surface area contributed by atoms with Crippen LogP contribution in [0.5, 0.6) is 0 Å². The molecule has 1 aliphatic rings. The average molecular weight is 295 g/mol. The van der Waals surface area contributed by atoms with E-state index in [1.807, 2.05) is 19.9 Å². The largest absolute Gasteiger partial charge is 0.409 e. The van der Waals surface area contributed by atoms with Crippen LogP contribution in [0.15, 0.2) is 11.2 Å². The molecule has 6 heteroatoms. The van der Waals surface area contributed by atoms with Gasteiger partial charge in [0.1, 0.15) is 5.54 Å². The number of oxime groups is 1. The Bertz CT molecular complexity index is 511. The van der Waals surface area contributed by atoms with Crippen LogP contribution >= 0.6 is 11.3 Å². The van der Waals surface area contributed by atoms with Crippen molar-refractivity contribution >= 4 is 23.1 Å². The third-order valence-corrected chi connectivity index (χ3v) is 5.20. The quantitative estimate of drug-likeness (QED) is 0.346. The highest BCUT2D eigenvalue weighted by molar-refractivity contribution is 7.14. The van der Waals surface area contributed by atoms with Crippen molar-refractivity contribution in [2.45, 2.75) is 51.5 Å². The molecule has 4 N–H and O–H groups in total. The number of amidine groups is 1. The first-order valence-corrected chi connectivity index (χ1v) is 7.68. The van der Waals surface area contributed by atoms with Crippen molar-refractivity contribution in [2.75, 3.05) is 0 Å². The number of nitrogens with two attached hydrogens (primary N) is 1. The van der Waals surface area contributed by atoms with Gasteiger partial charge in [0.25, 0.3) is 5.91 Å². The van der Waals surface area contributed by atoms with Crippen LogP contribution in [-0.2, 0) is 0 Å². The second-order valence-corrected chi connectivity index (χ2v) is 6.69. The minimum absolute atomic E-state index is 0.107. The minimum Gasteiger partial charge on any atom is -0.409 e. The molecule has 0 bridgehead atoms. The highest BCUT2D eigenvalue weighted by Gasteiger charge is 2.38. The lowest BCUT2D eigenvalue weighted by Gasteiger charge is -2.36. The second kappa shape index (κ2) is 5.83. The number of thiophene rings is 1. The summed E-state index contributed by atoms with van der Waals surface area (Å²) in [4.78, 5) is 14.2. The summed E-state index contributed by atoms with van der Waals surface area (Å²) < 4.78 is 0. The summed E-state index contributed by atoms with van der Waals surface area (Å²) in [6, 6.07) is 1.89. The standard InChI is InChI=1S/C14H21N3O2S/c1-9-8-11(20-10(9)2)12(18)16-14(13(15)17-19)6-4-3-5-7-14/h8,19H,3-7H2,1-2H3,(H2,15,17)(H,16,18). The molecule has 0 spiro atoms. The van der Waals surface area contributed by atoms with Gasteiger partial charge >= 0.3 is 0 Å². The number of nitrogens with zero attached hydrogens (tertiary/aromatic N) is 1. The van der Waals surface area contributed by atoms with E-state index in [9.17, 15) is 4.79 Å². The van der Waals surface area contributed by atoms with Gasteiger partial charge in [-0.25, -0.2) is 0 Å². The molecular weight excluding hydrogens is 274 g/mol. The summed E-state index contributed by atoms with van der Waals surface area (Å²) in [5.74, 6) is -0.0322. The summed E-state index contributed by atoms with van der Waals surface area (Å²) in [5.41, 5.74) is 6.25. The fraction of sp³-hybridized carbons (Fsp3) is 0.571. The Morgan fingerprint density at radius 1 is 1.40 bits per heavy atom. The Morgan fingerprint density at radius 2 is 2.05 bits per heavy atom. The molecule has 0 unspecified atom stereocenters. The molecule has 0 saturated heterocycles. The third kappa shape index (κ3) is 2.80. The Balaban J connectivity index is 2.21. The van der Waals surface area contributed by atoms with Gasteiger partial charge in [0, 0.05) is 4.88 Å². The number of hydrogen-bond donors (Lipinski definition) is 3. The van der Waals surface area contributed by atoms with Gasteiger partial charge in [0.15, 0.2) is 5.84 Å². The second-order valence-electron chi connectivity index (χ2n) is 5.43. The molecule has 1 aromatic rings. The summed E-state index contributed by atoms with van der Waals surface area (Å²) in [6.45, 7) is 3.99. The molecule has 1 fully saturated rings. The zero-order chi connectivity index (χ0) is 14.8. The molecule has 0 aromatic carbocycles. The van der Waals surface area contributed by atoms with Crippen LogP contribution in [-0.4, -0.2) is 22.5 Å². The predicted octanol–water partition coefficient (Wildman–Crippen LogP) is 2.54. The van der Waals surface area contributed by atoms with Gasteiger partial charge in [-0.1, -0.05) is 24.4 Å². The lowest BCUT2D eigenvalue weighted by Crippen LogP contribution is -2.58. The fourth-order valence-corrected chi connectivity index (χ4v) is 3.59. The van der Waals surface area contributed by atoms with Crippen molar-refractivity contribution in [1.29, 1.82) is 0 Å². The van der Waals surface area contributed by atoms with Crippen molar-refractivity contribution in [3.8, 4) is 0 Å². The number of hydrogen-bond acceptors (Lipinski definition) is 4. The summed E-state index contributed by atoms with van der Waals surface area (Å²) in [7, 11) is 0. The van der Waals surface area contributed by atoms with Crippen LogP contribution in [0, 0.1) is 13.8 Å². The van der Waals surface area contributed by atoms with E-state index in [1.165, 1.54) is 11.3 Å². The monoisotopic (exact) mass is 295 g/mol. The molecule has 0 atom stereocenters. The summed E-state index contributed by atoms with van der Waals surface area (Å²) in [5, 5.41) is 15.1. The van der Waals surface area contributed by atoms with E-state index in [0.29, 0.717) is 4.88 Å². The zero-order valence-corrected chi connectivity index (χ0v) is 12.7. The molecule has 1 amide bonds. The Hall–Kier alpha value is -1.56. The van der Waals surface area contributed by atoms with E-state index in [4.69, 9.17) is 10.9 Å². The highest BCUT2D eigenvalue weighted by atomic mass is 32.1. The van der Waals surface area contributed by atoms with Gasteiger partial charge in [0.2, 0.25) is 0 Å². The van der Waals surface area contributed by atoms with E-state index in [2.05, 4.69) is 10.5 Å². The van der Waals surface area contributed by atoms with E-state index >= 15 is 0 Å². The summed E-state index contributed by atoms with van der Waals surface area (Å²) in [6.07, 6.45) is 4.50. The first-order valence-electron chi connectivity index (χ1n) is 6.86. The van der Waals surface area contributed by atoms with Crippen molar-refractivity contribution in [3.05, 3.63) is 21.4 Å². The molecule has 1 aliphatic carbocycles. The number of carbonyl (C=O) groups is 1. The molecule has 1 saturated carbocycles. The molecule has 20 heavy (non-hydrogen) atoms. The van der Waals surface area contributed by atoms with E-state index in [1.54, 1.807) is 0 Å². The first-order chi connectivity index (χ1) is 9.48. The average Bonchev–Trinajstić information content (AvgIpc) is 2.79. The molecule has 1 heterocycles. The number of nitrogens with one attached hydrogen (secondary N) is 1. The molecule has 0 aliphatic heterocycles. The highest BCUT2D eigenvalue weighted by Crippen LogP contribution is 2.30. The van der Waals surface area contributed by atoms with Crippen LogP contribution < -0.4 is 11.1 Å². The lowest BCUT2D eigenvalue weighted by atomic mass is 9.80. The SMILES string of the molecule is Cc1cc(C(=O)NC2(C(N)=NO)CCCCC2)sc1C. The van der Waals surface area contributed by atoms with Crippen LogP contribution in [0.1, 0.15) is 52.2 Å². The van der Waals surface area contributed by atoms with Crippen LogP contribution in [0.3, 0.4) is 0 Å². The Kier molecular flexibility index (Phi) is 4.32. The van der Waals surface area contributed by atoms with Crippen molar-refractivity contribution < 1.29 is 10.0 Å². The maximum Gasteiger partial charge on any atom is 0.262 e. The predicted molar refractivity (Wildman–Crippen MR) is 80.5 cm³/mol. The van der Waals surface area contributed by atoms with Crippen molar-refractivity contribution in [2.24, 2.45) is 10.9 Å². The number of rotatable bonds is 3. The van der Waals surface area contributed by atoms with Crippen LogP contribution in [0.2, 0.25) is 0 Å². The van der Waals surface area contributed by atoms with Crippen LogP contribution in [0.4, 0.5) is 0 Å². The summed E-state index contributed by atoms with van der Waals surface area (Å²) >= 11 is 1.47. The van der Waals surface area contributed by atoms with Gasteiger partial charge in [0.05, 0.1) is 4.88 Å².